The molecule has 0 saturated heterocycles. The Labute approximate surface area is 190 Å². The zero-order valence-corrected chi connectivity index (χ0v) is 18.2. The van der Waals surface area contributed by atoms with E-state index < -0.39 is 11.9 Å². The van der Waals surface area contributed by atoms with Gasteiger partial charge >= 0.3 is 5.97 Å². The second-order valence-electron chi connectivity index (χ2n) is 6.45. The zero-order valence-electron chi connectivity index (χ0n) is 17.4. The van der Waals surface area contributed by atoms with E-state index in [1.807, 2.05) is 54.6 Å². The van der Waals surface area contributed by atoms with Crippen LogP contribution in [0.4, 0.5) is 11.4 Å². The summed E-state index contributed by atoms with van der Waals surface area (Å²) in [7, 11) is 0. The minimum absolute atomic E-state index is 0.136. The van der Waals surface area contributed by atoms with Crippen LogP contribution in [0.1, 0.15) is 17.3 Å². The molecular weight excluding hydrogens is 422 g/mol. The molecule has 3 aromatic rings. The summed E-state index contributed by atoms with van der Waals surface area (Å²) in [4.78, 5) is 26.7. The van der Waals surface area contributed by atoms with Crippen LogP contribution in [0.5, 0.6) is 0 Å². The van der Waals surface area contributed by atoms with Crippen LogP contribution < -0.4 is 10.6 Å². The topological polar surface area (TPSA) is 91.2 Å². The Balaban J connectivity index is 1.76. The summed E-state index contributed by atoms with van der Waals surface area (Å²) in [6.07, 6.45) is 1.28. The Bertz CT molecular complexity index is 1170. The van der Waals surface area contributed by atoms with Gasteiger partial charge in [-0.25, -0.2) is 4.79 Å². The maximum atomic E-state index is 12.7. The molecule has 3 aromatic carbocycles. The van der Waals surface area contributed by atoms with Crippen molar-refractivity contribution in [3.8, 4) is 6.07 Å². The first-order valence-electron chi connectivity index (χ1n) is 9.88. The fraction of sp³-hybridized carbons (Fsp3) is 0.0800. The molecule has 0 fully saturated rings. The smallest absolute Gasteiger partial charge is 0.340 e. The van der Waals surface area contributed by atoms with Crippen LogP contribution in [0.15, 0.2) is 100 Å². The molecule has 32 heavy (non-hydrogen) atoms. The van der Waals surface area contributed by atoms with Crippen molar-refractivity contribution < 1.29 is 14.3 Å². The number of ether oxygens (including phenoxy) is 1. The maximum Gasteiger partial charge on any atom is 0.340 e. The molecule has 0 aromatic heterocycles. The van der Waals surface area contributed by atoms with Crippen molar-refractivity contribution in [2.75, 3.05) is 17.2 Å². The molecule has 0 unspecified atom stereocenters. The lowest BCUT2D eigenvalue weighted by atomic mass is 10.1. The summed E-state index contributed by atoms with van der Waals surface area (Å²) < 4.78 is 5.04. The number of para-hydroxylation sites is 2. The molecule has 1 amide bonds. The first-order valence-corrected chi connectivity index (χ1v) is 10.7. The number of esters is 1. The Hall–Kier alpha value is -4.02. The number of rotatable bonds is 8. The van der Waals surface area contributed by atoms with Crippen LogP contribution >= 0.6 is 11.8 Å². The minimum Gasteiger partial charge on any atom is -0.462 e. The number of anilines is 2. The Kier molecular flexibility index (Phi) is 8.07. The Morgan fingerprint density at radius 1 is 0.969 bits per heavy atom. The molecule has 0 saturated carbocycles. The predicted octanol–water partition coefficient (Wildman–Crippen LogP) is 5.47. The largest absolute Gasteiger partial charge is 0.462 e. The highest BCUT2D eigenvalue weighted by atomic mass is 32.2. The minimum atomic E-state index is -0.560. The van der Waals surface area contributed by atoms with Crippen molar-refractivity contribution >= 4 is 35.0 Å². The number of hydrogen-bond acceptors (Lipinski definition) is 6. The van der Waals surface area contributed by atoms with Crippen molar-refractivity contribution in [1.29, 1.82) is 5.26 Å². The van der Waals surface area contributed by atoms with Crippen molar-refractivity contribution in [2.45, 2.75) is 16.7 Å². The van der Waals surface area contributed by atoms with Gasteiger partial charge in [-0.05, 0) is 43.3 Å². The quantitative estimate of drug-likeness (QED) is 0.272. The van der Waals surface area contributed by atoms with Crippen LogP contribution in [-0.4, -0.2) is 18.5 Å². The van der Waals surface area contributed by atoms with Gasteiger partial charge in [-0.15, -0.1) is 0 Å². The summed E-state index contributed by atoms with van der Waals surface area (Å²) >= 11 is 1.51. The normalized spacial score (nSPS) is 10.7. The Morgan fingerprint density at radius 3 is 2.34 bits per heavy atom. The van der Waals surface area contributed by atoms with Gasteiger partial charge in [0.25, 0.3) is 5.91 Å². The van der Waals surface area contributed by atoms with E-state index in [0.717, 1.165) is 9.79 Å². The average molecular weight is 444 g/mol. The Morgan fingerprint density at radius 2 is 1.62 bits per heavy atom. The molecule has 160 valence electrons. The van der Waals surface area contributed by atoms with E-state index >= 15 is 0 Å². The van der Waals surface area contributed by atoms with Crippen LogP contribution in [0.3, 0.4) is 0 Å². The molecular formula is C25H21N3O3S. The van der Waals surface area contributed by atoms with Crippen LogP contribution in [0, 0.1) is 11.3 Å². The van der Waals surface area contributed by atoms with Gasteiger partial charge in [0.15, 0.2) is 0 Å². The third-order valence-electron chi connectivity index (χ3n) is 4.27. The molecule has 0 bridgehead atoms. The molecule has 0 atom stereocenters. The number of nitrogens with zero attached hydrogens (tertiary/aromatic N) is 1. The molecule has 0 spiro atoms. The molecule has 2 N–H and O–H groups in total. The van der Waals surface area contributed by atoms with E-state index in [2.05, 4.69) is 10.6 Å². The summed E-state index contributed by atoms with van der Waals surface area (Å²) in [5, 5.41) is 15.2. The van der Waals surface area contributed by atoms with Gasteiger partial charge in [0.2, 0.25) is 0 Å². The predicted molar refractivity (Wildman–Crippen MR) is 125 cm³/mol. The molecule has 0 radical (unpaired) electrons. The highest BCUT2D eigenvalue weighted by Crippen LogP contribution is 2.33. The second-order valence-corrected chi connectivity index (χ2v) is 7.56. The molecule has 0 aliphatic heterocycles. The van der Waals surface area contributed by atoms with Gasteiger partial charge in [-0.2, -0.15) is 5.26 Å². The number of amides is 1. The number of hydrogen-bond donors (Lipinski definition) is 2. The summed E-state index contributed by atoms with van der Waals surface area (Å²) in [6.45, 7) is 1.97. The molecule has 7 heteroatoms. The van der Waals surface area contributed by atoms with E-state index in [1.165, 1.54) is 18.0 Å². The molecule has 0 aliphatic carbocycles. The van der Waals surface area contributed by atoms with Gasteiger partial charge in [-0.3, -0.25) is 4.79 Å². The van der Waals surface area contributed by atoms with Gasteiger partial charge in [-0.1, -0.05) is 54.2 Å². The van der Waals surface area contributed by atoms with E-state index in [9.17, 15) is 14.9 Å². The first-order chi connectivity index (χ1) is 15.6. The van der Waals surface area contributed by atoms with Crippen LogP contribution in [0.2, 0.25) is 0 Å². The standard InChI is InChI=1S/C25H21N3O3S/c1-2-31-25(30)20-12-6-7-13-21(20)27-17-18(16-26)24(29)28-22-14-8-9-15-23(22)32-19-10-4-3-5-11-19/h3-15,17,27H,2H2,1H3,(H,28,29)/b18-17-. The van der Waals surface area contributed by atoms with E-state index in [1.54, 1.807) is 37.3 Å². The number of nitriles is 1. The zero-order chi connectivity index (χ0) is 22.8. The van der Waals surface area contributed by atoms with E-state index in [-0.39, 0.29) is 12.2 Å². The van der Waals surface area contributed by atoms with Crippen molar-refractivity contribution in [3.63, 3.8) is 0 Å². The number of benzene rings is 3. The monoisotopic (exact) mass is 443 g/mol. The fourth-order valence-electron chi connectivity index (χ4n) is 2.76. The van der Waals surface area contributed by atoms with Crippen molar-refractivity contribution in [1.82, 2.24) is 0 Å². The van der Waals surface area contributed by atoms with Gasteiger partial charge in [0, 0.05) is 16.0 Å². The average Bonchev–Trinajstić information content (AvgIpc) is 2.82. The highest BCUT2D eigenvalue weighted by Gasteiger charge is 2.14. The lowest BCUT2D eigenvalue weighted by molar-refractivity contribution is -0.112. The van der Waals surface area contributed by atoms with E-state index in [4.69, 9.17) is 4.74 Å². The lowest BCUT2D eigenvalue weighted by Gasteiger charge is -2.11. The van der Waals surface area contributed by atoms with Crippen LogP contribution in [-0.2, 0) is 9.53 Å². The summed E-state index contributed by atoms with van der Waals surface area (Å²) in [6, 6.07) is 25.8. The SMILES string of the molecule is CCOC(=O)c1ccccc1N/C=C(/C#N)C(=O)Nc1ccccc1Sc1ccccc1. The molecule has 0 aliphatic rings. The number of carbonyl (C=O) groups excluding carboxylic acids is 2. The van der Waals surface area contributed by atoms with Crippen molar-refractivity contribution in [3.05, 3.63) is 96.2 Å². The lowest BCUT2D eigenvalue weighted by Crippen LogP contribution is -2.15. The second kappa shape index (κ2) is 11.4. The molecule has 3 rings (SSSR count). The third-order valence-corrected chi connectivity index (χ3v) is 5.35. The molecule has 6 nitrogen and oxygen atoms in total. The summed E-state index contributed by atoms with van der Waals surface area (Å²) in [5.41, 5.74) is 1.21. The van der Waals surface area contributed by atoms with Crippen molar-refractivity contribution in [2.24, 2.45) is 0 Å². The first kappa shape index (κ1) is 22.7. The summed E-state index contributed by atoms with van der Waals surface area (Å²) in [5.74, 6) is -1.05. The molecule has 0 heterocycles. The maximum absolute atomic E-state index is 12.7. The van der Waals surface area contributed by atoms with Crippen LogP contribution in [0.25, 0.3) is 0 Å². The third kappa shape index (κ3) is 6.00. The number of carbonyl (C=O) groups is 2. The highest BCUT2D eigenvalue weighted by molar-refractivity contribution is 7.99. The van der Waals surface area contributed by atoms with Gasteiger partial charge in [0.1, 0.15) is 11.6 Å². The fourth-order valence-corrected chi connectivity index (χ4v) is 3.68. The van der Waals surface area contributed by atoms with Gasteiger partial charge < -0.3 is 15.4 Å². The van der Waals surface area contributed by atoms with Gasteiger partial charge in [0.05, 0.1) is 23.5 Å². The van der Waals surface area contributed by atoms with E-state index in [0.29, 0.717) is 16.9 Å². The number of nitrogens with one attached hydrogen (secondary N) is 2.